The lowest BCUT2D eigenvalue weighted by Crippen LogP contribution is -2.09. The summed E-state index contributed by atoms with van der Waals surface area (Å²) in [5, 5.41) is 9.02. The predicted molar refractivity (Wildman–Crippen MR) is 65.3 cm³/mol. The summed E-state index contributed by atoms with van der Waals surface area (Å²) in [6, 6.07) is 5.42. The van der Waals surface area contributed by atoms with Crippen molar-refractivity contribution >= 4 is 0 Å². The third kappa shape index (κ3) is 4.33. The maximum absolute atomic E-state index is 12.6. The molecule has 0 aliphatic heterocycles. The molecule has 0 saturated heterocycles. The molecule has 1 nitrogen and oxygen atoms in total. The molecule has 0 fully saturated rings. The molecule has 0 amide bonds. The normalized spacial score (nSPS) is 13.9. The van der Waals surface area contributed by atoms with E-state index in [0.29, 0.717) is 17.9 Å². The summed E-state index contributed by atoms with van der Waals surface area (Å²) in [5.74, 6) is 0.369. The van der Waals surface area contributed by atoms with Crippen LogP contribution >= 0.6 is 0 Å². The molecule has 0 aliphatic carbocycles. The first-order chi connectivity index (χ1) is 8.34. The van der Waals surface area contributed by atoms with Gasteiger partial charge in [-0.1, -0.05) is 32.0 Å². The summed E-state index contributed by atoms with van der Waals surface area (Å²) in [4.78, 5) is 0. The van der Waals surface area contributed by atoms with Gasteiger partial charge in [-0.2, -0.15) is 13.2 Å². The van der Waals surface area contributed by atoms with Gasteiger partial charge in [0.1, 0.15) is 0 Å². The number of hydrogen-bond donors (Lipinski definition) is 1. The lowest BCUT2D eigenvalue weighted by Gasteiger charge is -2.19. The van der Waals surface area contributed by atoms with Gasteiger partial charge in [-0.3, -0.25) is 0 Å². The van der Waals surface area contributed by atoms with Gasteiger partial charge in [-0.05, 0) is 36.3 Å². The zero-order chi connectivity index (χ0) is 13.8. The Kier molecular flexibility index (Phi) is 5.20. The monoisotopic (exact) mass is 260 g/mol. The van der Waals surface area contributed by atoms with E-state index in [4.69, 9.17) is 5.11 Å². The Labute approximate surface area is 106 Å². The maximum Gasteiger partial charge on any atom is 0.416 e. The van der Waals surface area contributed by atoms with Gasteiger partial charge in [-0.25, -0.2) is 0 Å². The molecule has 0 heterocycles. The minimum absolute atomic E-state index is 0.00632. The SMILES string of the molecule is CC(C)CC(CCO)c1cccc(C(F)(F)F)c1. The fourth-order valence-electron chi connectivity index (χ4n) is 2.11. The fourth-order valence-corrected chi connectivity index (χ4v) is 2.11. The first-order valence-corrected chi connectivity index (χ1v) is 6.12. The van der Waals surface area contributed by atoms with Crippen LogP contribution in [-0.2, 0) is 6.18 Å². The van der Waals surface area contributed by atoms with E-state index in [1.54, 1.807) is 6.07 Å². The minimum atomic E-state index is -4.31. The Morgan fingerprint density at radius 2 is 1.89 bits per heavy atom. The lowest BCUT2D eigenvalue weighted by atomic mass is 9.87. The second-order valence-corrected chi connectivity index (χ2v) is 4.96. The van der Waals surface area contributed by atoms with Crippen LogP contribution in [0.5, 0.6) is 0 Å². The fraction of sp³-hybridized carbons (Fsp3) is 0.571. The molecule has 0 spiro atoms. The van der Waals surface area contributed by atoms with Crippen LogP contribution in [0.25, 0.3) is 0 Å². The summed E-state index contributed by atoms with van der Waals surface area (Å²) in [5.41, 5.74) is 0.0410. The van der Waals surface area contributed by atoms with Crippen molar-refractivity contribution in [2.45, 2.75) is 38.8 Å². The molecule has 1 aromatic carbocycles. The van der Waals surface area contributed by atoms with Gasteiger partial charge < -0.3 is 5.11 Å². The molecular weight excluding hydrogens is 241 g/mol. The summed E-state index contributed by atoms with van der Waals surface area (Å²) in [7, 11) is 0. The van der Waals surface area contributed by atoms with Crippen molar-refractivity contribution in [3.8, 4) is 0 Å². The van der Waals surface area contributed by atoms with Crippen LogP contribution in [0.1, 0.15) is 43.7 Å². The maximum atomic E-state index is 12.6. The van der Waals surface area contributed by atoms with Gasteiger partial charge in [0.25, 0.3) is 0 Å². The van der Waals surface area contributed by atoms with Crippen LogP contribution < -0.4 is 0 Å². The van der Waals surface area contributed by atoms with E-state index in [0.717, 1.165) is 12.5 Å². The second kappa shape index (κ2) is 6.23. The average Bonchev–Trinajstić information content (AvgIpc) is 2.27. The molecule has 1 rings (SSSR count). The average molecular weight is 260 g/mol. The van der Waals surface area contributed by atoms with Crippen molar-refractivity contribution in [2.24, 2.45) is 5.92 Å². The van der Waals surface area contributed by atoms with Crippen molar-refractivity contribution < 1.29 is 18.3 Å². The minimum Gasteiger partial charge on any atom is -0.396 e. The van der Waals surface area contributed by atoms with E-state index >= 15 is 0 Å². The van der Waals surface area contributed by atoms with Gasteiger partial charge in [-0.15, -0.1) is 0 Å². The van der Waals surface area contributed by atoms with Crippen molar-refractivity contribution in [3.05, 3.63) is 35.4 Å². The summed E-state index contributed by atoms with van der Waals surface area (Å²) in [6.45, 7) is 4.05. The zero-order valence-corrected chi connectivity index (χ0v) is 10.7. The quantitative estimate of drug-likeness (QED) is 0.840. The molecule has 18 heavy (non-hydrogen) atoms. The molecule has 102 valence electrons. The smallest absolute Gasteiger partial charge is 0.396 e. The molecule has 1 atom stereocenters. The molecule has 0 radical (unpaired) electrons. The predicted octanol–water partition coefficient (Wildman–Crippen LogP) is 4.22. The molecule has 1 unspecified atom stereocenters. The number of benzene rings is 1. The summed E-state index contributed by atoms with van der Waals surface area (Å²) >= 11 is 0. The summed E-state index contributed by atoms with van der Waals surface area (Å²) in [6.07, 6.45) is -3.03. The molecule has 0 aliphatic rings. The Morgan fingerprint density at radius 3 is 2.39 bits per heavy atom. The van der Waals surface area contributed by atoms with E-state index in [2.05, 4.69) is 0 Å². The number of aliphatic hydroxyl groups excluding tert-OH is 1. The molecule has 0 saturated carbocycles. The van der Waals surface area contributed by atoms with Crippen molar-refractivity contribution in [3.63, 3.8) is 0 Å². The molecule has 1 aromatic rings. The Morgan fingerprint density at radius 1 is 1.22 bits per heavy atom. The Bertz CT molecular complexity index is 372. The summed E-state index contributed by atoms with van der Waals surface area (Å²) < 4.78 is 37.9. The van der Waals surface area contributed by atoms with Crippen LogP contribution in [0.4, 0.5) is 13.2 Å². The third-order valence-electron chi connectivity index (χ3n) is 2.92. The highest BCUT2D eigenvalue weighted by molar-refractivity contribution is 5.28. The van der Waals surface area contributed by atoms with Crippen molar-refractivity contribution in [1.82, 2.24) is 0 Å². The lowest BCUT2D eigenvalue weighted by molar-refractivity contribution is -0.137. The highest BCUT2D eigenvalue weighted by atomic mass is 19.4. The number of hydrogen-bond acceptors (Lipinski definition) is 1. The van der Waals surface area contributed by atoms with Crippen molar-refractivity contribution in [1.29, 1.82) is 0 Å². The third-order valence-corrected chi connectivity index (χ3v) is 2.92. The van der Waals surface area contributed by atoms with E-state index in [-0.39, 0.29) is 12.5 Å². The van der Waals surface area contributed by atoms with Crippen LogP contribution in [0.3, 0.4) is 0 Å². The first-order valence-electron chi connectivity index (χ1n) is 6.12. The Balaban J connectivity index is 2.97. The number of rotatable bonds is 5. The zero-order valence-electron chi connectivity index (χ0n) is 10.7. The van der Waals surface area contributed by atoms with E-state index in [1.807, 2.05) is 13.8 Å². The van der Waals surface area contributed by atoms with Crippen LogP contribution in [-0.4, -0.2) is 11.7 Å². The second-order valence-electron chi connectivity index (χ2n) is 4.96. The number of halogens is 3. The van der Waals surface area contributed by atoms with Crippen molar-refractivity contribution in [2.75, 3.05) is 6.61 Å². The van der Waals surface area contributed by atoms with E-state index in [1.165, 1.54) is 12.1 Å². The van der Waals surface area contributed by atoms with Gasteiger partial charge in [0, 0.05) is 6.61 Å². The molecular formula is C14H19F3O. The van der Waals surface area contributed by atoms with E-state index < -0.39 is 11.7 Å². The standard InChI is InChI=1S/C14H19F3O/c1-10(2)8-12(6-7-18)11-4-3-5-13(9-11)14(15,16)17/h3-5,9-10,12,18H,6-8H2,1-2H3. The molecule has 1 N–H and O–H groups in total. The molecule has 0 bridgehead atoms. The van der Waals surface area contributed by atoms with Crippen LogP contribution in [0, 0.1) is 5.92 Å². The topological polar surface area (TPSA) is 20.2 Å². The van der Waals surface area contributed by atoms with Gasteiger partial charge >= 0.3 is 6.18 Å². The highest BCUT2D eigenvalue weighted by Crippen LogP contribution is 2.33. The molecule has 4 heteroatoms. The first kappa shape index (κ1) is 15.0. The van der Waals surface area contributed by atoms with Gasteiger partial charge in [0.05, 0.1) is 5.56 Å². The number of alkyl halides is 3. The largest absolute Gasteiger partial charge is 0.416 e. The van der Waals surface area contributed by atoms with Crippen LogP contribution in [0.2, 0.25) is 0 Å². The van der Waals surface area contributed by atoms with Gasteiger partial charge in [0.2, 0.25) is 0 Å². The van der Waals surface area contributed by atoms with Gasteiger partial charge in [0.15, 0.2) is 0 Å². The van der Waals surface area contributed by atoms with Crippen LogP contribution in [0.15, 0.2) is 24.3 Å². The van der Waals surface area contributed by atoms with E-state index in [9.17, 15) is 13.2 Å². The molecule has 0 aromatic heterocycles. The highest BCUT2D eigenvalue weighted by Gasteiger charge is 2.30. The Hall–Kier alpha value is -1.03. The number of aliphatic hydroxyl groups is 1.